The molecule has 3 rings (SSSR count). The topological polar surface area (TPSA) is 118 Å². The fourth-order valence-corrected chi connectivity index (χ4v) is 2.97. The maximum absolute atomic E-state index is 12.4. The van der Waals surface area contributed by atoms with Gasteiger partial charge in [-0.25, -0.2) is 14.6 Å². The third-order valence-electron chi connectivity index (χ3n) is 4.44. The van der Waals surface area contributed by atoms with Crippen molar-refractivity contribution in [3.63, 3.8) is 0 Å². The highest BCUT2D eigenvalue weighted by Crippen LogP contribution is 2.31. The van der Waals surface area contributed by atoms with Crippen molar-refractivity contribution in [1.82, 2.24) is 18.7 Å². The monoisotopic (exact) mass is 388 g/mol. The number of aryl methyl sites for hydroxylation is 2. The van der Waals surface area contributed by atoms with Crippen LogP contribution in [0.2, 0.25) is 0 Å². The average Bonchev–Trinajstić information content (AvgIpc) is 3.11. The van der Waals surface area contributed by atoms with Crippen LogP contribution in [0, 0.1) is 0 Å². The molecule has 2 aromatic heterocycles. The van der Waals surface area contributed by atoms with E-state index in [1.165, 1.54) is 31.1 Å². The van der Waals surface area contributed by atoms with Gasteiger partial charge in [-0.15, -0.1) is 0 Å². The first kappa shape index (κ1) is 19.2. The standard InChI is InChI=1S/C18H20N4O6/c1-20-15-13(16(23)21(2)18(20)26)22(10-19-15)8-5-9-28-14-11(17(24)25)6-4-7-12(14)27-3/h4,6-7,10H,5,8-9H2,1-3H3,(H,24,25). The molecule has 0 aliphatic heterocycles. The van der Waals surface area contributed by atoms with Gasteiger partial charge in [0, 0.05) is 20.6 Å². The molecule has 0 radical (unpaired) electrons. The Morgan fingerprint density at radius 1 is 1.21 bits per heavy atom. The Morgan fingerprint density at radius 3 is 2.64 bits per heavy atom. The number of hydrogen-bond donors (Lipinski definition) is 1. The second-order valence-corrected chi connectivity index (χ2v) is 6.16. The Labute approximate surface area is 159 Å². The Hall–Kier alpha value is -3.56. The van der Waals surface area contributed by atoms with E-state index in [9.17, 15) is 19.5 Å². The molecule has 148 valence electrons. The van der Waals surface area contributed by atoms with Gasteiger partial charge in [0.2, 0.25) is 0 Å². The summed E-state index contributed by atoms with van der Waals surface area (Å²) in [5, 5.41) is 9.30. The lowest BCUT2D eigenvalue weighted by Crippen LogP contribution is -2.37. The Bertz CT molecular complexity index is 1160. The first-order chi connectivity index (χ1) is 13.4. The Balaban J connectivity index is 1.78. The summed E-state index contributed by atoms with van der Waals surface area (Å²) in [7, 11) is 4.41. The van der Waals surface area contributed by atoms with Crippen molar-refractivity contribution in [2.45, 2.75) is 13.0 Å². The Morgan fingerprint density at radius 2 is 1.96 bits per heavy atom. The minimum Gasteiger partial charge on any atom is -0.493 e. The van der Waals surface area contributed by atoms with Gasteiger partial charge in [-0.2, -0.15) is 0 Å². The molecule has 2 heterocycles. The maximum Gasteiger partial charge on any atom is 0.339 e. The van der Waals surface area contributed by atoms with Crippen LogP contribution in [0.5, 0.6) is 11.5 Å². The van der Waals surface area contributed by atoms with Crippen molar-refractivity contribution in [2.75, 3.05) is 13.7 Å². The van der Waals surface area contributed by atoms with Crippen LogP contribution in [0.4, 0.5) is 0 Å². The number of hydrogen-bond acceptors (Lipinski definition) is 6. The number of rotatable bonds is 7. The van der Waals surface area contributed by atoms with Crippen LogP contribution < -0.4 is 20.7 Å². The molecule has 3 aromatic rings. The molecule has 0 unspecified atom stereocenters. The summed E-state index contributed by atoms with van der Waals surface area (Å²) in [6.07, 6.45) is 1.98. The fraction of sp³-hybridized carbons (Fsp3) is 0.333. The number of aromatic nitrogens is 4. The van der Waals surface area contributed by atoms with Gasteiger partial charge in [0.05, 0.1) is 20.0 Å². The summed E-state index contributed by atoms with van der Waals surface area (Å²) in [4.78, 5) is 39.9. The maximum atomic E-state index is 12.4. The number of ether oxygens (including phenoxy) is 2. The zero-order valence-corrected chi connectivity index (χ0v) is 15.7. The number of nitrogens with zero attached hydrogens (tertiary/aromatic N) is 4. The third-order valence-corrected chi connectivity index (χ3v) is 4.44. The summed E-state index contributed by atoms with van der Waals surface area (Å²) >= 11 is 0. The van der Waals surface area contributed by atoms with Crippen LogP contribution >= 0.6 is 0 Å². The van der Waals surface area contributed by atoms with E-state index >= 15 is 0 Å². The molecular weight excluding hydrogens is 368 g/mol. The molecule has 10 heteroatoms. The number of benzene rings is 1. The fourth-order valence-electron chi connectivity index (χ4n) is 2.97. The van der Waals surface area contributed by atoms with Gasteiger partial charge >= 0.3 is 11.7 Å². The molecule has 0 bridgehead atoms. The summed E-state index contributed by atoms with van der Waals surface area (Å²) in [6.45, 7) is 0.605. The minimum atomic E-state index is -1.11. The molecule has 0 aliphatic rings. The molecule has 0 aliphatic carbocycles. The van der Waals surface area contributed by atoms with Gasteiger partial charge in [0.1, 0.15) is 5.56 Å². The van der Waals surface area contributed by atoms with Crippen molar-refractivity contribution in [2.24, 2.45) is 14.1 Å². The summed E-state index contributed by atoms with van der Waals surface area (Å²) in [5.74, 6) is -0.623. The number of methoxy groups -OCH3 is 1. The average molecular weight is 388 g/mol. The summed E-state index contributed by atoms with van der Waals surface area (Å²) in [6, 6.07) is 4.63. The smallest absolute Gasteiger partial charge is 0.339 e. The SMILES string of the molecule is COc1cccc(C(=O)O)c1OCCCn1cnc2c1c(=O)n(C)c(=O)n2C. The van der Waals surface area contributed by atoms with Crippen LogP contribution in [0.15, 0.2) is 34.1 Å². The van der Waals surface area contributed by atoms with E-state index in [-0.39, 0.29) is 17.9 Å². The first-order valence-corrected chi connectivity index (χ1v) is 8.50. The number of aromatic carboxylic acids is 1. The number of carboxylic acids is 1. The highest BCUT2D eigenvalue weighted by atomic mass is 16.5. The lowest BCUT2D eigenvalue weighted by atomic mass is 10.2. The third kappa shape index (κ3) is 3.24. The van der Waals surface area contributed by atoms with Gasteiger partial charge in [-0.05, 0) is 18.6 Å². The largest absolute Gasteiger partial charge is 0.493 e. The van der Waals surface area contributed by atoms with Gasteiger partial charge in [-0.3, -0.25) is 13.9 Å². The van der Waals surface area contributed by atoms with E-state index in [4.69, 9.17) is 9.47 Å². The van der Waals surface area contributed by atoms with Gasteiger partial charge < -0.3 is 19.1 Å². The summed E-state index contributed by atoms with van der Waals surface area (Å²) in [5.41, 5.74) is -0.214. The van der Waals surface area contributed by atoms with Crippen LogP contribution in [-0.4, -0.2) is 43.5 Å². The minimum absolute atomic E-state index is 0.0105. The second-order valence-electron chi connectivity index (χ2n) is 6.16. The van der Waals surface area contributed by atoms with Crippen molar-refractivity contribution in [3.05, 3.63) is 50.9 Å². The lowest BCUT2D eigenvalue weighted by Gasteiger charge is -2.13. The van der Waals surface area contributed by atoms with Crippen LogP contribution in [0.3, 0.4) is 0 Å². The molecule has 10 nitrogen and oxygen atoms in total. The van der Waals surface area contributed by atoms with Gasteiger partial charge in [-0.1, -0.05) is 6.07 Å². The van der Waals surface area contributed by atoms with Gasteiger partial charge in [0.15, 0.2) is 22.7 Å². The quantitative estimate of drug-likeness (QED) is 0.589. The number of carbonyl (C=O) groups is 1. The molecule has 0 spiro atoms. The molecule has 28 heavy (non-hydrogen) atoms. The first-order valence-electron chi connectivity index (χ1n) is 8.50. The molecule has 1 N–H and O–H groups in total. The predicted octanol–water partition coefficient (Wildman–Crippen LogP) is 0.610. The molecule has 0 saturated carbocycles. The van der Waals surface area contributed by atoms with Crippen molar-refractivity contribution in [3.8, 4) is 11.5 Å². The van der Waals surface area contributed by atoms with E-state index in [1.807, 2.05) is 0 Å². The van der Waals surface area contributed by atoms with Crippen LogP contribution in [-0.2, 0) is 20.6 Å². The van der Waals surface area contributed by atoms with E-state index in [2.05, 4.69) is 4.98 Å². The van der Waals surface area contributed by atoms with Crippen LogP contribution in [0.25, 0.3) is 11.2 Å². The van der Waals surface area contributed by atoms with Crippen molar-refractivity contribution < 1.29 is 19.4 Å². The van der Waals surface area contributed by atoms with E-state index < -0.39 is 17.2 Å². The molecule has 0 saturated heterocycles. The predicted molar refractivity (Wildman–Crippen MR) is 100 cm³/mol. The molecule has 0 fully saturated rings. The van der Waals surface area contributed by atoms with E-state index in [0.717, 1.165) is 4.57 Å². The zero-order chi connectivity index (χ0) is 20.4. The van der Waals surface area contributed by atoms with Crippen molar-refractivity contribution in [1.29, 1.82) is 0 Å². The van der Waals surface area contributed by atoms with Crippen molar-refractivity contribution >= 4 is 17.1 Å². The van der Waals surface area contributed by atoms with Gasteiger partial charge in [0.25, 0.3) is 5.56 Å². The number of para-hydroxylation sites is 1. The normalized spacial score (nSPS) is 11.0. The summed E-state index contributed by atoms with van der Waals surface area (Å²) < 4.78 is 14.8. The number of carboxylic acid groups (broad SMARTS) is 1. The zero-order valence-electron chi connectivity index (χ0n) is 15.7. The van der Waals surface area contributed by atoms with E-state index in [1.54, 1.807) is 23.7 Å². The second kappa shape index (κ2) is 7.59. The lowest BCUT2D eigenvalue weighted by molar-refractivity contribution is 0.0691. The number of fused-ring (bicyclic) bond motifs is 1. The molecule has 1 aromatic carbocycles. The van der Waals surface area contributed by atoms with Crippen LogP contribution in [0.1, 0.15) is 16.8 Å². The molecule has 0 amide bonds. The Kier molecular flexibility index (Phi) is 5.21. The molecular formula is C18H20N4O6. The highest BCUT2D eigenvalue weighted by Gasteiger charge is 2.17. The van der Waals surface area contributed by atoms with E-state index in [0.29, 0.717) is 29.9 Å². The highest BCUT2D eigenvalue weighted by molar-refractivity contribution is 5.92. The molecule has 0 atom stereocenters. The number of imidazole rings is 1.